The molecule has 6 nitrogen and oxygen atoms in total. The summed E-state index contributed by atoms with van der Waals surface area (Å²) in [4.78, 5) is 12.3. The maximum Gasteiger partial charge on any atom is 0.320 e. The highest BCUT2D eigenvalue weighted by molar-refractivity contribution is 7.85. The summed E-state index contributed by atoms with van der Waals surface area (Å²) in [6.45, 7) is 3.92. The molecule has 15 heavy (non-hydrogen) atoms. The van der Waals surface area contributed by atoms with Crippen molar-refractivity contribution >= 4 is 16.1 Å². The summed E-state index contributed by atoms with van der Waals surface area (Å²) in [6.07, 6.45) is 0.397. The van der Waals surface area contributed by atoms with Crippen LogP contribution >= 0.6 is 0 Å². The topological polar surface area (TPSA) is 94.9 Å². The summed E-state index contributed by atoms with van der Waals surface area (Å²) < 4.78 is 29.6. The number of carbonyl (C=O) groups is 1. The van der Waals surface area contributed by atoms with E-state index in [1.807, 2.05) is 0 Å². The number of aliphatic carboxylic acids is 1. The van der Waals surface area contributed by atoms with E-state index in [4.69, 9.17) is 9.66 Å². The third-order valence-corrected chi connectivity index (χ3v) is 2.85. The minimum Gasteiger partial charge on any atom is -0.480 e. The second kappa shape index (κ2) is 6.04. The molecule has 0 fully saturated rings. The summed E-state index contributed by atoms with van der Waals surface area (Å²) in [5.74, 6) is -1.42. The second-order valence-corrected chi connectivity index (χ2v) is 4.75. The van der Waals surface area contributed by atoms with Crippen molar-refractivity contribution in [1.82, 2.24) is 4.90 Å². The SMILES string of the molecule is CC[C@@H](C(=O)O)N(CC)CCS(=O)(=O)O. The lowest BCUT2D eigenvalue weighted by Gasteiger charge is -2.25. The normalized spacial score (nSPS) is 14.1. The Morgan fingerprint density at radius 1 is 1.40 bits per heavy atom. The van der Waals surface area contributed by atoms with Gasteiger partial charge in [-0.1, -0.05) is 13.8 Å². The summed E-state index contributed by atoms with van der Waals surface area (Å²) in [6, 6.07) is -0.697. The van der Waals surface area contributed by atoms with Crippen LogP contribution < -0.4 is 0 Å². The van der Waals surface area contributed by atoms with Crippen LogP contribution in [-0.2, 0) is 14.9 Å². The fraction of sp³-hybridized carbons (Fsp3) is 0.875. The lowest BCUT2D eigenvalue weighted by atomic mass is 10.2. The van der Waals surface area contributed by atoms with Gasteiger partial charge in [-0.15, -0.1) is 0 Å². The van der Waals surface area contributed by atoms with E-state index in [0.717, 1.165) is 0 Å². The second-order valence-electron chi connectivity index (χ2n) is 3.18. The van der Waals surface area contributed by atoms with Crippen LogP contribution in [0.25, 0.3) is 0 Å². The van der Waals surface area contributed by atoms with E-state index in [2.05, 4.69) is 0 Å². The van der Waals surface area contributed by atoms with Crippen molar-refractivity contribution in [2.45, 2.75) is 26.3 Å². The predicted octanol–water partition coefficient (Wildman–Crippen LogP) is 0.0593. The van der Waals surface area contributed by atoms with E-state index in [1.54, 1.807) is 13.8 Å². The summed E-state index contributed by atoms with van der Waals surface area (Å²) in [5, 5.41) is 8.85. The van der Waals surface area contributed by atoms with Gasteiger partial charge in [-0.3, -0.25) is 14.2 Å². The standard InChI is InChI=1S/C8H17NO5S/c1-3-7(8(10)11)9(4-2)5-6-15(12,13)14/h7H,3-6H2,1-2H3,(H,10,11)(H,12,13,14)/t7-/m0/s1. The van der Waals surface area contributed by atoms with Gasteiger partial charge in [0.2, 0.25) is 0 Å². The Balaban J connectivity index is 4.41. The van der Waals surface area contributed by atoms with Crippen LogP contribution in [0.4, 0.5) is 0 Å². The average Bonchev–Trinajstić information content (AvgIpc) is 2.09. The molecule has 0 aliphatic rings. The van der Waals surface area contributed by atoms with Crippen molar-refractivity contribution < 1.29 is 22.9 Å². The van der Waals surface area contributed by atoms with Gasteiger partial charge in [0.1, 0.15) is 6.04 Å². The van der Waals surface area contributed by atoms with Crippen molar-refractivity contribution in [1.29, 1.82) is 0 Å². The van der Waals surface area contributed by atoms with Crippen molar-refractivity contribution in [3.8, 4) is 0 Å². The summed E-state index contributed by atoms with van der Waals surface area (Å²) in [5.41, 5.74) is 0. The molecule has 90 valence electrons. The molecule has 0 saturated heterocycles. The predicted molar refractivity (Wildman–Crippen MR) is 55.4 cm³/mol. The van der Waals surface area contributed by atoms with E-state index >= 15 is 0 Å². The zero-order valence-corrected chi connectivity index (χ0v) is 9.70. The molecule has 0 aromatic rings. The first-order valence-electron chi connectivity index (χ1n) is 4.73. The summed E-state index contributed by atoms with van der Waals surface area (Å²) >= 11 is 0. The van der Waals surface area contributed by atoms with E-state index in [-0.39, 0.29) is 6.54 Å². The molecule has 0 radical (unpaired) electrons. The van der Waals surface area contributed by atoms with Crippen LogP contribution in [0.1, 0.15) is 20.3 Å². The molecular weight excluding hydrogens is 222 g/mol. The van der Waals surface area contributed by atoms with Gasteiger partial charge in [0.05, 0.1) is 5.75 Å². The van der Waals surface area contributed by atoms with Crippen LogP contribution in [0, 0.1) is 0 Å². The third kappa shape index (κ3) is 5.71. The van der Waals surface area contributed by atoms with E-state index in [0.29, 0.717) is 13.0 Å². The Kier molecular flexibility index (Phi) is 5.77. The lowest BCUT2D eigenvalue weighted by molar-refractivity contribution is -0.143. The van der Waals surface area contributed by atoms with Crippen molar-refractivity contribution in [3.63, 3.8) is 0 Å². The fourth-order valence-corrected chi connectivity index (χ4v) is 1.82. The molecule has 0 unspecified atom stereocenters. The quantitative estimate of drug-likeness (QED) is 0.610. The molecule has 0 aromatic heterocycles. The van der Waals surface area contributed by atoms with Gasteiger partial charge < -0.3 is 5.11 Å². The molecular formula is C8H17NO5S. The molecule has 2 N–H and O–H groups in total. The highest BCUT2D eigenvalue weighted by atomic mass is 32.2. The van der Waals surface area contributed by atoms with Crippen molar-refractivity contribution in [3.05, 3.63) is 0 Å². The molecule has 0 spiro atoms. The first-order chi connectivity index (χ1) is 6.81. The minimum absolute atomic E-state index is 0.0279. The number of nitrogens with zero attached hydrogens (tertiary/aromatic N) is 1. The lowest BCUT2D eigenvalue weighted by Crippen LogP contribution is -2.43. The molecule has 0 aliphatic carbocycles. The van der Waals surface area contributed by atoms with Crippen molar-refractivity contribution in [2.75, 3.05) is 18.8 Å². The number of likely N-dealkylation sites (N-methyl/N-ethyl adjacent to an activating group) is 1. The molecule has 0 saturated carbocycles. The molecule has 0 aliphatic heterocycles. The molecule has 0 amide bonds. The molecule has 0 heterocycles. The first-order valence-corrected chi connectivity index (χ1v) is 6.34. The maximum absolute atomic E-state index is 10.8. The van der Waals surface area contributed by atoms with Crippen LogP contribution in [-0.4, -0.2) is 53.8 Å². The van der Waals surface area contributed by atoms with Crippen LogP contribution in [0.3, 0.4) is 0 Å². The fourth-order valence-electron chi connectivity index (χ4n) is 1.36. The maximum atomic E-state index is 10.8. The van der Waals surface area contributed by atoms with Gasteiger partial charge in [-0.05, 0) is 13.0 Å². The molecule has 0 aromatic carbocycles. The third-order valence-electron chi connectivity index (χ3n) is 2.16. The molecule has 7 heteroatoms. The average molecular weight is 239 g/mol. The van der Waals surface area contributed by atoms with Gasteiger partial charge in [0, 0.05) is 6.54 Å². The highest BCUT2D eigenvalue weighted by Crippen LogP contribution is 2.04. The Hall–Kier alpha value is -0.660. The van der Waals surface area contributed by atoms with Crippen LogP contribution in [0.5, 0.6) is 0 Å². The molecule has 0 bridgehead atoms. The molecule has 0 rings (SSSR count). The first kappa shape index (κ1) is 14.3. The van der Waals surface area contributed by atoms with Gasteiger partial charge in [-0.25, -0.2) is 0 Å². The minimum atomic E-state index is -4.03. The zero-order chi connectivity index (χ0) is 12.1. The number of hydrogen-bond donors (Lipinski definition) is 2. The van der Waals surface area contributed by atoms with Gasteiger partial charge in [0.15, 0.2) is 0 Å². The van der Waals surface area contributed by atoms with Gasteiger partial charge in [-0.2, -0.15) is 8.42 Å². The van der Waals surface area contributed by atoms with Crippen LogP contribution in [0.2, 0.25) is 0 Å². The highest BCUT2D eigenvalue weighted by Gasteiger charge is 2.23. The van der Waals surface area contributed by atoms with Crippen LogP contribution in [0.15, 0.2) is 0 Å². The Bertz CT molecular complexity index is 300. The van der Waals surface area contributed by atoms with E-state index in [1.165, 1.54) is 4.90 Å². The van der Waals surface area contributed by atoms with E-state index in [9.17, 15) is 13.2 Å². The number of carboxylic acids is 1. The largest absolute Gasteiger partial charge is 0.480 e. The Morgan fingerprint density at radius 3 is 2.20 bits per heavy atom. The van der Waals surface area contributed by atoms with Crippen molar-refractivity contribution in [2.24, 2.45) is 0 Å². The smallest absolute Gasteiger partial charge is 0.320 e. The van der Waals surface area contributed by atoms with Gasteiger partial charge >= 0.3 is 5.97 Å². The number of hydrogen-bond acceptors (Lipinski definition) is 4. The monoisotopic (exact) mass is 239 g/mol. The summed E-state index contributed by atoms with van der Waals surface area (Å²) in [7, 11) is -4.03. The Labute approximate surface area is 89.6 Å². The number of rotatable bonds is 7. The molecule has 1 atom stereocenters. The van der Waals surface area contributed by atoms with Gasteiger partial charge in [0.25, 0.3) is 10.1 Å². The number of carboxylic acid groups (broad SMARTS) is 1. The Morgan fingerprint density at radius 2 is 1.93 bits per heavy atom. The zero-order valence-electron chi connectivity index (χ0n) is 8.88. The van der Waals surface area contributed by atoms with E-state index < -0.39 is 27.9 Å².